The maximum atomic E-state index is 6.04. The minimum atomic E-state index is 0.367. The Balaban J connectivity index is 1.79. The topological polar surface area (TPSA) is 35.2 Å². The maximum absolute atomic E-state index is 6.04. The zero-order valence-electron chi connectivity index (χ0n) is 10.6. The summed E-state index contributed by atoms with van der Waals surface area (Å²) >= 11 is 0. The quantitative estimate of drug-likeness (QED) is 0.871. The van der Waals surface area contributed by atoms with Crippen molar-refractivity contribution < 1.29 is 4.74 Å². The standard InChI is InChI=1S/C16H19NO/c17-11-10-16(8-9-16)12-18-15-7-3-5-13-4-1-2-6-14(13)15/h1-7H,8-12,17H2. The lowest BCUT2D eigenvalue weighted by Crippen LogP contribution is -2.17. The van der Waals surface area contributed by atoms with E-state index in [0.717, 1.165) is 25.3 Å². The van der Waals surface area contributed by atoms with Gasteiger partial charge < -0.3 is 10.5 Å². The first-order valence-electron chi connectivity index (χ1n) is 6.64. The largest absolute Gasteiger partial charge is 0.492 e. The van der Waals surface area contributed by atoms with Crippen LogP contribution in [0, 0.1) is 5.41 Å². The van der Waals surface area contributed by atoms with Crippen molar-refractivity contribution in [2.45, 2.75) is 19.3 Å². The third-order valence-corrected chi connectivity index (χ3v) is 3.92. The monoisotopic (exact) mass is 241 g/mol. The van der Waals surface area contributed by atoms with Crippen molar-refractivity contribution >= 4 is 10.8 Å². The second-order valence-corrected chi connectivity index (χ2v) is 5.30. The van der Waals surface area contributed by atoms with Gasteiger partial charge in [0.1, 0.15) is 5.75 Å². The first-order chi connectivity index (χ1) is 8.83. The fourth-order valence-corrected chi connectivity index (χ4v) is 2.50. The van der Waals surface area contributed by atoms with Gasteiger partial charge in [-0.1, -0.05) is 36.4 Å². The number of hydrogen-bond donors (Lipinski definition) is 1. The molecule has 1 aliphatic carbocycles. The molecule has 2 aromatic carbocycles. The molecule has 18 heavy (non-hydrogen) atoms. The van der Waals surface area contributed by atoms with Crippen molar-refractivity contribution in [1.29, 1.82) is 0 Å². The van der Waals surface area contributed by atoms with E-state index in [4.69, 9.17) is 10.5 Å². The summed E-state index contributed by atoms with van der Waals surface area (Å²) in [5.74, 6) is 0.997. The average Bonchev–Trinajstić information content (AvgIpc) is 3.17. The molecule has 2 N–H and O–H groups in total. The van der Waals surface area contributed by atoms with Gasteiger partial charge in [-0.05, 0) is 37.3 Å². The highest BCUT2D eigenvalue weighted by Crippen LogP contribution is 2.48. The van der Waals surface area contributed by atoms with E-state index in [-0.39, 0.29) is 0 Å². The lowest BCUT2D eigenvalue weighted by Gasteiger charge is -2.16. The first-order valence-corrected chi connectivity index (χ1v) is 6.64. The Bertz CT molecular complexity index is 540. The SMILES string of the molecule is NCCC1(COc2cccc3ccccc23)CC1. The molecule has 1 saturated carbocycles. The van der Waals surface area contributed by atoms with Crippen molar-refractivity contribution in [1.82, 2.24) is 0 Å². The Kier molecular flexibility index (Phi) is 2.96. The summed E-state index contributed by atoms with van der Waals surface area (Å²) in [4.78, 5) is 0. The Morgan fingerprint density at radius 2 is 1.83 bits per heavy atom. The van der Waals surface area contributed by atoms with Gasteiger partial charge >= 0.3 is 0 Å². The third kappa shape index (κ3) is 2.21. The van der Waals surface area contributed by atoms with Crippen molar-refractivity contribution in [2.24, 2.45) is 11.1 Å². The molecule has 0 radical (unpaired) electrons. The van der Waals surface area contributed by atoms with Gasteiger partial charge in [-0.15, -0.1) is 0 Å². The van der Waals surface area contributed by atoms with Crippen molar-refractivity contribution in [2.75, 3.05) is 13.2 Å². The smallest absolute Gasteiger partial charge is 0.127 e. The highest BCUT2D eigenvalue weighted by atomic mass is 16.5. The van der Waals surface area contributed by atoms with Gasteiger partial charge in [0, 0.05) is 10.8 Å². The van der Waals surface area contributed by atoms with Crippen molar-refractivity contribution in [3.8, 4) is 5.75 Å². The normalized spacial score (nSPS) is 16.7. The van der Waals surface area contributed by atoms with E-state index in [0.29, 0.717) is 5.41 Å². The molecule has 0 bridgehead atoms. The highest BCUT2D eigenvalue weighted by Gasteiger charge is 2.42. The molecule has 2 nitrogen and oxygen atoms in total. The van der Waals surface area contributed by atoms with Gasteiger partial charge in [-0.3, -0.25) is 0 Å². The van der Waals surface area contributed by atoms with Crippen LogP contribution in [0.3, 0.4) is 0 Å². The van der Waals surface area contributed by atoms with E-state index in [1.54, 1.807) is 0 Å². The fraction of sp³-hybridized carbons (Fsp3) is 0.375. The Labute approximate surface area is 108 Å². The predicted octanol–water partition coefficient (Wildman–Crippen LogP) is 3.35. The average molecular weight is 241 g/mol. The number of benzene rings is 2. The van der Waals surface area contributed by atoms with Crippen molar-refractivity contribution in [3.05, 3.63) is 42.5 Å². The van der Waals surface area contributed by atoms with Gasteiger partial charge in [-0.2, -0.15) is 0 Å². The van der Waals surface area contributed by atoms with Gasteiger partial charge in [0.05, 0.1) is 6.61 Å². The summed E-state index contributed by atoms with van der Waals surface area (Å²) < 4.78 is 6.04. The zero-order chi connectivity index (χ0) is 12.4. The lowest BCUT2D eigenvalue weighted by molar-refractivity contribution is 0.229. The zero-order valence-corrected chi connectivity index (χ0v) is 10.6. The number of nitrogens with two attached hydrogens (primary N) is 1. The molecule has 1 aliphatic rings. The number of hydrogen-bond acceptors (Lipinski definition) is 2. The van der Waals surface area contributed by atoms with E-state index in [1.807, 2.05) is 0 Å². The van der Waals surface area contributed by atoms with Crippen LogP contribution in [-0.4, -0.2) is 13.2 Å². The molecular formula is C16H19NO. The van der Waals surface area contributed by atoms with E-state index >= 15 is 0 Å². The second-order valence-electron chi connectivity index (χ2n) is 5.30. The molecule has 0 amide bonds. The summed E-state index contributed by atoms with van der Waals surface area (Å²) in [5, 5.41) is 2.43. The fourth-order valence-electron chi connectivity index (χ4n) is 2.50. The molecule has 0 atom stereocenters. The lowest BCUT2D eigenvalue weighted by atomic mass is 10.0. The first kappa shape index (κ1) is 11.5. The minimum Gasteiger partial charge on any atom is -0.492 e. The van der Waals surface area contributed by atoms with E-state index in [2.05, 4.69) is 42.5 Å². The molecule has 0 aromatic heterocycles. The van der Waals surface area contributed by atoms with Crippen LogP contribution < -0.4 is 10.5 Å². The molecule has 2 aromatic rings. The third-order valence-electron chi connectivity index (χ3n) is 3.92. The number of ether oxygens (including phenoxy) is 1. The van der Waals surface area contributed by atoms with E-state index in [1.165, 1.54) is 23.6 Å². The number of fused-ring (bicyclic) bond motifs is 1. The van der Waals surface area contributed by atoms with Crippen LogP contribution in [0.2, 0.25) is 0 Å². The molecule has 0 aliphatic heterocycles. The maximum Gasteiger partial charge on any atom is 0.127 e. The van der Waals surface area contributed by atoms with Crippen LogP contribution in [0.4, 0.5) is 0 Å². The van der Waals surface area contributed by atoms with Crippen LogP contribution in [0.5, 0.6) is 5.75 Å². The second kappa shape index (κ2) is 4.62. The van der Waals surface area contributed by atoms with Gasteiger partial charge in [-0.25, -0.2) is 0 Å². The molecule has 3 rings (SSSR count). The molecule has 0 spiro atoms. The minimum absolute atomic E-state index is 0.367. The summed E-state index contributed by atoms with van der Waals surface area (Å²) in [6.07, 6.45) is 3.60. The molecule has 94 valence electrons. The number of rotatable bonds is 5. The molecule has 0 heterocycles. The van der Waals surface area contributed by atoms with E-state index in [9.17, 15) is 0 Å². The van der Waals surface area contributed by atoms with Gasteiger partial charge in [0.25, 0.3) is 0 Å². The Hall–Kier alpha value is -1.54. The summed E-state index contributed by atoms with van der Waals surface area (Å²) in [6.45, 7) is 1.57. The van der Waals surface area contributed by atoms with Crippen LogP contribution in [0.1, 0.15) is 19.3 Å². The Morgan fingerprint density at radius 1 is 1.06 bits per heavy atom. The Morgan fingerprint density at radius 3 is 2.61 bits per heavy atom. The summed E-state index contributed by atoms with van der Waals surface area (Å²) in [7, 11) is 0. The van der Waals surface area contributed by atoms with E-state index < -0.39 is 0 Å². The molecular weight excluding hydrogens is 222 g/mol. The van der Waals surface area contributed by atoms with Gasteiger partial charge in [0.15, 0.2) is 0 Å². The molecule has 1 fully saturated rings. The van der Waals surface area contributed by atoms with Crippen LogP contribution in [0.25, 0.3) is 10.8 Å². The summed E-state index contributed by atoms with van der Waals surface area (Å²) in [6, 6.07) is 14.6. The molecule has 2 heteroatoms. The summed E-state index contributed by atoms with van der Waals surface area (Å²) in [5.41, 5.74) is 6.03. The predicted molar refractivity (Wildman–Crippen MR) is 74.8 cm³/mol. The molecule has 0 unspecified atom stereocenters. The van der Waals surface area contributed by atoms with Crippen LogP contribution >= 0.6 is 0 Å². The van der Waals surface area contributed by atoms with Crippen molar-refractivity contribution in [3.63, 3.8) is 0 Å². The van der Waals surface area contributed by atoms with Crippen LogP contribution in [0.15, 0.2) is 42.5 Å². The van der Waals surface area contributed by atoms with Gasteiger partial charge in [0.2, 0.25) is 0 Å². The highest BCUT2D eigenvalue weighted by molar-refractivity contribution is 5.88. The molecule has 0 saturated heterocycles. The van der Waals surface area contributed by atoms with Crippen LogP contribution in [-0.2, 0) is 0 Å².